The molecule has 0 aliphatic heterocycles. The van der Waals surface area contributed by atoms with Crippen molar-refractivity contribution in [3.63, 3.8) is 0 Å². The van der Waals surface area contributed by atoms with Gasteiger partial charge in [-0.25, -0.2) is 0 Å². The number of allylic oxidation sites excluding steroid dienone is 1. The van der Waals surface area contributed by atoms with Crippen molar-refractivity contribution in [1.82, 2.24) is 0 Å². The third kappa shape index (κ3) is 6.71. The highest BCUT2D eigenvalue weighted by atomic mass is 16.7. The zero-order valence-corrected chi connectivity index (χ0v) is 14.1. The smallest absolute Gasteiger partial charge is 0.305 e. The number of hydrogen-bond donors (Lipinski definition) is 0. The molecule has 1 unspecified atom stereocenters. The number of hydrogen-bond acceptors (Lipinski definition) is 5. The quantitative estimate of drug-likeness (QED) is 0.352. The summed E-state index contributed by atoms with van der Waals surface area (Å²) in [5.74, 6) is -0.661. The van der Waals surface area contributed by atoms with E-state index in [1.165, 1.54) is 7.11 Å². The lowest BCUT2D eigenvalue weighted by Crippen LogP contribution is -2.31. The molecule has 22 heavy (non-hydrogen) atoms. The van der Waals surface area contributed by atoms with E-state index in [1.54, 1.807) is 7.11 Å². The van der Waals surface area contributed by atoms with Crippen molar-refractivity contribution in [2.45, 2.75) is 70.7 Å². The third-order valence-corrected chi connectivity index (χ3v) is 3.86. The number of carbonyl (C=O) groups is 2. The number of ketones is 1. The maximum absolute atomic E-state index is 12.0. The first-order valence-electron chi connectivity index (χ1n) is 7.91. The van der Waals surface area contributed by atoms with Gasteiger partial charge in [-0.3, -0.25) is 9.59 Å². The molecule has 0 spiro atoms. The number of esters is 1. The second kappa shape index (κ2) is 9.06. The molecule has 0 heterocycles. The highest BCUT2D eigenvalue weighted by molar-refractivity contribution is 5.98. The normalized spacial score (nSPS) is 18.5. The van der Waals surface area contributed by atoms with Gasteiger partial charge in [0.05, 0.1) is 13.2 Å². The van der Waals surface area contributed by atoms with Crippen LogP contribution in [0.1, 0.15) is 58.8 Å². The van der Waals surface area contributed by atoms with Crippen LogP contribution in [0.15, 0.2) is 11.6 Å². The number of unbranched alkanes of at least 4 members (excludes halogenated alkanes) is 3. The van der Waals surface area contributed by atoms with E-state index in [4.69, 9.17) is 9.47 Å². The number of Topliss-reactive ketones (excluding diaryl/α,β-unsaturated/α-hetero) is 1. The summed E-state index contributed by atoms with van der Waals surface area (Å²) in [5, 5.41) is 0. The van der Waals surface area contributed by atoms with Crippen LogP contribution >= 0.6 is 0 Å². The average Bonchev–Trinajstić information content (AvgIpc) is 2.81. The molecule has 0 N–H and O–H groups in total. The highest BCUT2D eigenvalue weighted by Crippen LogP contribution is 2.26. The fourth-order valence-electron chi connectivity index (χ4n) is 2.44. The second-order valence-corrected chi connectivity index (χ2v) is 6.07. The van der Waals surface area contributed by atoms with Crippen LogP contribution < -0.4 is 0 Å². The molecule has 5 nitrogen and oxygen atoms in total. The SMILES string of the molecule is COC(=O)CCCCCCC1=CC(OC(C)(C)OC)CC1=O. The molecule has 1 aliphatic rings. The first kappa shape index (κ1) is 18.8. The molecular weight excluding hydrogens is 284 g/mol. The third-order valence-electron chi connectivity index (χ3n) is 3.86. The monoisotopic (exact) mass is 312 g/mol. The topological polar surface area (TPSA) is 61.8 Å². The van der Waals surface area contributed by atoms with Gasteiger partial charge in [0.2, 0.25) is 0 Å². The van der Waals surface area contributed by atoms with Crippen molar-refractivity contribution in [2.24, 2.45) is 0 Å². The number of methoxy groups -OCH3 is 2. The summed E-state index contributed by atoms with van der Waals surface area (Å²) in [7, 11) is 3.00. The standard InChI is InChI=1S/C17H28O5/c1-17(2,21-4)22-14-11-13(15(18)12-14)9-7-5-6-8-10-16(19)20-3/h11,14H,5-10,12H2,1-4H3. The predicted octanol–water partition coefficient (Wildman–Crippen LogP) is 3.17. The van der Waals surface area contributed by atoms with Crippen molar-refractivity contribution in [3.8, 4) is 0 Å². The Bertz CT molecular complexity index is 411. The molecule has 0 saturated carbocycles. The molecule has 0 aromatic carbocycles. The van der Waals surface area contributed by atoms with Gasteiger partial charge in [-0.15, -0.1) is 0 Å². The van der Waals surface area contributed by atoms with Gasteiger partial charge in [0.15, 0.2) is 11.6 Å². The van der Waals surface area contributed by atoms with Gasteiger partial charge < -0.3 is 14.2 Å². The Kier molecular flexibility index (Phi) is 7.76. The molecule has 0 aromatic heterocycles. The minimum Gasteiger partial charge on any atom is -0.469 e. The Hall–Kier alpha value is -1.20. The molecule has 0 saturated heterocycles. The Morgan fingerprint density at radius 1 is 1.23 bits per heavy atom. The average molecular weight is 312 g/mol. The Morgan fingerprint density at radius 3 is 2.55 bits per heavy atom. The van der Waals surface area contributed by atoms with E-state index in [0.29, 0.717) is 12.8 Å². The van der Waals surface area contributed by atoms with E-state index in [2.05, 4.69) is 4.74 Å². The lowest BCUT2D eigenvalue weighted by Gasteiger charge is -2.26. The van der Waals surface area contributed by atoms with Crippen molar-refractivity contribution >= 4 is 11.8 Å². The van der Waals surface area contributed by atoms with Crippen LogP contribution in [0, 0.1) is 0 Å². The molecular formula is C17H28O5. The lowest BCUT2D eigenvalue weighted by atomic mass is 10.0. The molecule has 126 valence electrons. The largest absolute Gasteiger partial charge is 0.469 e. The van der Waals surface area contributed by atoms with Crippen molar-refractivity contribution in [1.29, 1.82) is 0 Å². The van der Waals surface area contributed by atoms with Gasteiger partial charge in [0.25, 0.3) is 0 Å². The maximum Gasteiger partial charge on any atom is 0.305 e. The molecule has 5 heteroatoms. The van der Waals surface area contributed by atoms with Crippen molar-refractivity contribution in [3.05, 3.63) is 11.6 Å². The molecule has 0 aromatic rings. The van der Waals surface area contributed by atoms with Gasteiger partial charge in [0, 0.05) is 20.0 Å². The first-order chi connectivity index (χ1) is 10.4. The molecule has 0 fully saturated rings. The number of ether oxygens (including phenoxy) is 3. The minimum absolute atomic E-state index is 0.158. The molecule has 1 aliphatic carbocycles. The van der Waals surface area contributed by atoms with Gasteiger partial charge in [-0.2, -0.15) is 0 Å². The molecule has 0 radical (unpaired) electrons. The lowest BCUT2D eigenvalue weighted by molar-refractivity contribution is -0.212. The maximum atomic E-state index is 12.0. The zero-order valence-electron chi connectivity index (χ0n) is 14.1. The molecule has 1 rings (SSSR count). The predicted molar refractivity (Wildman–Crippen MR) is 83.4 cm³/mol. The molecule has 0 bridgehead atoms. The highest BCUT2D eigenvalue weighted by Gasteiger charge is 2.29. The van der Waals surface area contributed by atoms with Crippen LogP contribution in [0.5, 0.6) is 0 Å². The van der Waals surface area contributed by atoms with Crippen LogP contribution in [0.2, 0.25) is 0 Å². The Morgan fingerprint density at radius 2 is 1.91 bits per heavy atom. The van der Waals surface area contributed by atoms with Gasteiger partial charge in [-0.1, -0.05) is 12.8 Å². The fraction of sp³-hybridized carbons (Fsp3) is 0.765. The second-order valence-electron chi connectivity index (χ2n) is 6.07. The van der Waals surface area contributed by atoms with Crippen LogP contribution in [0.3, 0.4) is 0 Å². The molecule has 0 amide bonds. The molecule has 1 atom stereocenters. The van der Waals surface area contributed by atoms with E-state index in [1.807, 2.05) is 19.9 Å². The summed E-state index contributed by atoms with van der Waals surface area (Å²) < 4.78 is 15.6. The van der Waals surface area contributed by atoms with Crippen LogP contribution in [0.25, 0.3) is 0 Å². The summed E-state index contributed by atoms with van der Waals surface area (Å²) in [6, 6.07) is 0. The summed E-state index contributed by atoms with van der Waals surface area (Å²) in [6.07, 6.45) is 7.19. The van der Waals surface area contributed by atoms with E-state index < -0.39 is 5.79 Å². The first-order valence-corrected chi connectivity index (χ1v) is 7.91. The van der Waals surface area contributed by atoms with E-state index in [0.717, 1.165) is 37.7 Å². The summed E-state index contributed by atoms with van der Waals surface area (Å²) >= 11 is 0. The summed E-state index contributed by atoms with van der Waals surface area (Å²) in [6.45, 7) is 3.68. The van der Waals surface area contributed by atoms with Gasteiger partial charge >= 0.3 is 5.97 Å². The fourth-order valence-corrected chi connectivity index (χ4v) is 2.44. The van der Waals surface area contributed by atoms with Crippen LogP contribution in [-0.2, 0) is 23.8 Å². The van der Waals surface area contributed by atoms with Crippen LogP contribution in [-0.4, -0.2) is 37.9 Å². The van der Waals surface area contributed by atoms with Gasteiger partial charge in [0.1, 0.15) is 0 Å². The van der Waals surface area contributed by atoms with Crippen molar-refractivity contribution in [2.75, 3.05) is 14.2 Å². The number of carbonyl (C=O) groups excluding carboxylic acids is 2. The summed E-state index contributed by atoms with van der Waals surface area (Å²) in [5.41, 5.74) is 0.866. The van der Waals surface area contributed by atoms with E-state index in [-0.39, 0.29) is 17.9 Å². The van der Waals surface area contributed by atoms with Crippen molar-refractivity contribution < 1.29 is 23.8 Å². The zero-order chi connectivity index (χ0) is 16.6. The van der Waals surface area contributed by atoms with Crippen LogP contribution in [0.4, 0.5) is 0 Å². The summed E-state index contributed by atoms with van der Waals surface area (Å²) in [4.78, 5) is 22.9. The minimum atomic E-state index is -0.676. The van der Waals surface area contributed by atoms with E-state index >= 15 is 0 Å². The Labute approximate surface area is 133 Å². The number of rotatable bonds is 10. The van der Waals surface area contributed by atoms with E-state index in [9.17, 15) is 9.59 Å². The Balaban J connectivity index is 2.25. The van der Waals surface area contributed by atoms with Gasteiger partial charge in [-0.05, 0) is 44.8 Å².